The SMILES string of the molecule is COCC1CNCCC1NC(C)=O. The number of nitrogens with one attached hydrogen (secondary N) is 2. The van der Waals surface area contributed by atoms with Crippen molar-refractivity contribution < 1.29 is 9.53 Å². The Morgan fingerprint density at radius 3 is 3.08 bits per heavy atom. The molecule has 1 rings (SSSR count). The molecule has 4 heteroatoms. The largest absolute Gasteiger partial charge is 0.384 e. The summed E-state index contributed by atoms with van der Waals surface area (Å²) in [6.45, 7) is 4.17. The van der Waals surface area contributed by atoms with E-state index in [0.717, 1.165) is 19.5 Å². The molecular formula is C9H18N2O2. The molecule has 0 bridgehead atoms. The van der Waals surface area contributed by atoms with Gasteiger partial charge in [-0.2, -0.15) is 0 Å². The highest BCUT2D eigenvalue weighted by atomic mass is 16.5. The molecule has 4 nitrogen and oxygen atoms in total. The van der Waals surface area contributed by atoms with Crippen molar-refractivity contribution >= 4 is 5.91 Å². The van der Waals surface area contributed by atoms with E-state index in [0.29, 0.717) is 12.5 Å². The lowest BCUT2D eigenvalue weighted by Gasteiger charge is -2.31. The van der Waals surface area contributed by atoms with Gasteiger partial charge in [-0.25, -0.2) is 0 Å². The Balaban J connectivity index is 2.41. The summed E-state index contributed by atoms with van der Waals surface area (Å²) in [7, 11) is 1.69. The summed E-state index contributed by atoms with van der Waals surface area (Å²) in [5, 5.41) is 6.25. The van der Waals surface area contributed by atoms with Crippen molar-refractivity contribution in [2.45, 2.75) is 19.4 Å². The Bertz CT molecular complexity index is 171. The Hall–Kier alpha value is -0.610. The van der Waals surface area contributed by atoms with Gasteiger partial charge in [-0.15, -0.1) is 0 Å². The van der Waals surface area contributed by atoms with Gasteiger partial charge in [0.2, 0.25) is 5.91 Å². The molecular weight excluding hydrogens is 168 g/mol. The number of hydrogen-bond acceptors (Lipinski definition) is 3. The third-order valence-electron chi connectivity index (χ3n) is 2.38. The van der Waals surface area contributed by atoms with E-state index in [1.165, 1.54) is 0 Å². The Morgan fingerprint density at radius 2 is 2.46 bits per heavy atom. The molecule has 1 fully saturated rings. The third kappa shape index (κ3) is 3.32. The van der Waals surface area contributed by atoms with Gasteiger partial charge in [0.1, 0.15) is 0 Å². The van der Waals surface area contributed by atoms with E-state index in [4.69, 9.17) is 4.74 Å². The van der Waals surface area contributed by atoms with Gasteiger partial charge in [-0.1, -0.05) is 0 Å². The van der Waals surface area contributed by atoms with E-state index >= 15 is 0 Å². The topological polar surface area (TPSA) is 50.4 Å². The zero-order chi connectivity index (χ0) is 9.68. The summed E-state index contributed by atoms with van der Waals surface area (Å²) in [6.07, 6.45) is 0.994. The minimum atomic E-state index is 0.0491. The molecule has 0 radical (unpaired) electrons. The first-order valence-electron chi connectivity index (χ1n) is 4.70. The van der Waals surface area contributed by atoms with Gasteiger partial charge in [0.25, 0.3) is 0 Å². The fraction of sp³-hybridized carbons (Fsp3) is 0.889. The van der Waals surface area contributed by atoms with Crippen molar-refractivity contribution in [3.05, 3.63) is 0 Å². The van der Waals surface area contributed by atoms with Crippen molar-refractivity contribution in [1.82, 2.24) is 10.6 Å². The second kappa shape index (κ2) is 5.19. The number of amides is 1. The highest BCUT2D eigenvalue weighted by Crippen LogP contribution is 2.11. The number of rotatable bonds is 3. The third-order valence-corrected chi connectivity index (χ3v) is 2.38. The predicted molar refractivity (Wildman–Crippen MR) is 50.5 cm³/mol. The summed E-state index contributed by atoms with van der Waals surface area (Å²) in [5.74, 6) is 0.454. The quantitative estimate of drug-likeness (QED) is 0.639. The second-order valence-corrected chi connectivity index (χ2v) is 3.52. The van der Waals surface area contributed by atoms with Crippen molar-refractivity contribution in [2.24, 2.45) is 5.92 Å². The summed E-state index contributed by atoms with van der Waals surface area (Å²) in [5.41, 5.74) is 0. The second-order valence-electron chi connectivity index (χ2n) is 3.52. The van der Waals surface area contributed by atoms with E-state index in [-0.39, 0.29) is 11.9 Å². The minimum absolute atomic E-state index is 0.0491. The summed E-state index contributed by atoms with van der Waals surface area (Å²) in [4.78, 5) is 10.9. The summed E-state index contributed by atoms with van der Waals surface area (Å²) in [6, 6.07) is 0.277. The van der Waals surface area contributed by atoms with Gasteiger partial charge in [0.05, 0.1) is 6.61 Å². The highest BCUT2D eigenvalue weighted by molar-refractivity contribution is 5.73. The molecule has 0 aromatic heterocycles. The van der Waals surface area contributed by atoms with Gasteiger partial charge in [-0.3, -0.25) is 4.79 Å². The average Bonchev–Trinajstić information content (AvgIpc) is 2.08. The van der Waals surface area contributed by atoms with Crippen LogP contribution in [0.15, 0.2) is 0 Å². The number of hydrogen-bond donors (Lipinski definition) is 2. The first-order valence-corrected chi connectivity index (χ1v) is 4.70. The van der Waals surface area contributed by atoms with Crippen LogP contribution in [-0.4, -0.2) is 38.8 Å². The molecule has 1 aliphatic rings. The first kappa shape index (κ1) is 10.5. The van der Waals surface area contributed by atoms with Gasteiger partial charge >= 0.3 is 0 Å². The lowest BCUT2D eigenvalue weighted by Crippen LogP contribution is -2.50. The molecule has 0 spiro atoms. The van der Waals surface area contributed by atoms with Crippen molar-refractivity contribution in [2.75, 3.05) is 26.8 Å². The Kier molecular flexibility index (Phi) is 4.18. The van der Waals surface area contributed by atoms with Crippen LogP contribution in [0.5, 0.6) is 0 Å². The molecule has 2 unspecified atom stereocenters. The van der Waals surface area contributed by atoms with Crippen LogP contribution in [0.2, 0.25) is 0 Å². The van der Waals surface area contributed by atoms with Crippen molar-refractivity contribution in [3.63, 3.8) is 0 Å². The molecule has 0 aromatic rings. The molecule has 76 valence electrons. The molecule has 0 aromatic carbocycles. The maximum atomic E-state index is 10.9. The molecule has 1 heterocycles. The van der Waals surface area contributed by atoms with Crippen LogP contribution in [0.25, 0.3) is 0 Å². The van der Waals surface area contributed by atoms with Crippen LogP contribution in [0.3, 0.4) is 0 Å². The van der Waals surface area contributed by atoms with Gasteiger partial charge < -0.3 is 15.4 Å². The maximum Gasteiger partial charge on any atom is 0.217 e. The molecule has 13 heavy (non-hydrogen) atoms. The predicted octanol–water partition coefficient (Wildman–Crippen LogP) is -0.253. The molecule has 1 aliphatic heterocycles. The lowest BCUT2D eigenvalue weighted by molar-refractivity contribution is -0.120. The van der Waals surface area contributed by atoms with Crippen LogP contribution in [-0.2, 0) is 9.53 Å². The fourth-order valence-electron chi connectivity index (χ4n) is 1.76. The summed E-state index contributed by atoms with van der Waals surface area (Å²) >= 11 is 0. The molecule has 1 saturated heterocycles. The van der Waals surface area contributed by atoms with E-state index in [1.807, 2.05) is 0 Å². The Morgan fingerprint density at radius 1 is 1.69 bits per heavy atom. The Labute approximate surface area is 79.0 Å². The fourth-order valence-corrected chi connectivity index (χ4v) is 1.76. The smallest absolute Gasteiger partial charge is 0.217 e. The number of carbonyl (C=O) groups is 1. The number of ether oxygens (including phenoxy) is 1. The van der Waals surface area contributed by atoms with Gasteiger partial charge in [-0.05, 0) is 13.0 Å². The van der Waals surface area contributed by atoms with Crippen LogP contribution < -0.4 is 10.6 Å². The number of piperidine rings is 1. The van der Waals surface area contributed by atoms with E-state index in [2.05, 4.69) is 10.6 Å². The van der Waals surface area contributed by atoms with Crippen LogP contribution in [0.4, 0.5) is 0 Å². The molecule has 0 saturated carbocycles. The zero-order valence-corrected chi connectivity index (χ0v) is 8.30. The van der Waals surface area contributed by atoms with Crippen molar-refractivity contribution in [1.29, 1.82) is 0 Å². The van der Waals surface area contributed by atoms with Gasteiger partial charge in [0, 0.05) is 32.5 Å². The minimum Gasteiger partial charge on any atom is -0.384 e. The number of methoxy groups -OCH3 is 1. The molecule has 2 N–H and O–H groups in total. The van der Waals surface area contributed by atoms with Crippen LogP contribution >= 0.6 is 0 Å². The standard InChI is InChI=1S/C9H18N2O2/c1-7(12)11-9-3-4-10-5-8(9)6-13-2/h8-10H,3-6H2,1-2H3,(H,11,12). The van der Waals surface area contributed by atoms with E-state index < -0.39 is 0 Å². The monoisotopic (exact) mass is 186 g/mol. The lowest BCUT2D eigenvalue weighted by atomic mass is 9.94. The van der Waals surface area contributed by atoms with Crippen molar-refractivity contribution in [3.8, 4) is 0 Å². The first-order chi connectivity index (χ1) is 6.24. The molecule has 2 atom stereocenters. The maximum absolute atomic E-state index is 10.9. The van der Waals surface area contributed by atoms with Crippen LogP contribution in [0.1, 0.15) is 13.3 Å². The number of carbonyl (C=O) groups excluding carboxylic acids is 1. The van der Waals surface area contributed by atoms with Crippen LogP contribution in [0, 0.1) is 5.92 Å². The summed E-state index contributed by atoms with van der Waals surface area (Å²) < 4.78 is 5.10. The molecule has 1 amide bonds. The average molecular weight is 186 g/mol. The normalized spacial score (nSPS) is 28.5. The molecule has 0 aliphatic carbocycles. The van der Waals surface area contributed by atoms with Gasteiger partial charge in [0.15, 0.2) is 0 Å². The van der Waals surface area contributed by atoms with E-state index in [1.54, 1.807) is 14.0 Å². The van der Waals surface area contributed by atoms with E-state index in [9.17, 15) is 4.79 Å². The zero-order valence-electron chi connectivity index (χ0n) is 8.30. The highest BCUT2D eigenvalue weighted by Gasteiger charge is 2.24.